The summed E-state index contributed by atoms with van der Waals surface area (Å²) in [4.78, 5) is 25.7. The Hall–Kier alpha value is -2.84. The molecule has 3 unspecified atom stereocenters. The van der Waals surface area contributed by atoms with Crippen molar-refractivity contribution in [1.29, 1.82) is 0 Å². The van der Waals surface area contributed by atoms with Crippen LogP contribution in [0.15, 0.2) is 109 Å². The number of hydrogen-bond donors (Lipinski definition) is 2. The zero-order valence-corrected chi connectivity index (χ0v) is 58.6. The molecule has 0 saturated heterocycles. The number of aliphatic hydroxyl groups excluding tert-OH is 1. The van der Waals surface area contributed by atoms with Gasteiger partial charge < -0.3 is 28.8 Å². The van der Waals surface area contributed by atoms with Gasteiger partial charge in [-0.3, -0.25) is 9.36 Å². The Labute approximate surface area is 540 Å². The van der Waals surface area contributed by atoms with E-state index in [1.165, 1.54) is 205 Å². The molecule has 0 aromatic carbocycles. The minimum Gasteiger partial charge on any atom is -0.756 e. The summed E-state index contributed by atoms with van der Waals surface area (Å²) < 4.78 is 23.5. The first-order chi connectivity index (χ1) is 42.5. The number of likely N-dealkylation sites (N-methyl/N-ethyl adjacent to an activating group) is 1. The van der Waals surface area contributed by atoms with Gasteiger partial charge in [0.2, 0.25) is 5.91 Å². The highest BCUT2D eigenvalue weighted by atomic mass is 31.2. The summed E-state index contributed by atoms with van der Waals surface area (Å²) >= 11 is 0. The second kappa shape index (κ2) is 67.6. The Bertz CT molecular complexity index is 1790. The average molecular weight is 1230 g/mol. The van der Waals surface area contributed by atoms with E-state index in [1.54, 1.807) is 6.08 Å². The molecule has 0 fully saturated rings. The van der Waals surface area contributed by atoms with Crippen LogP contribution in [0.25, 0.3) is 0 Å². The molecular weight excluding hydrogens is 1090 g/mol. The van der Waals surface area contributed by atoms with E-state index in [2.05, 4.69) is 116 Å². The number of hydrogen-bond acceptors (Lipinski definition) is 6. The van der Waals surface area contributed by atoms with Crippen LogP contribution in [-0.2, 0) is 18.4 Å². The Balaban J connectivity index is 4.11. The SMILES string of the molecule is CC/C=C\C/C=C\C/C=C\C/C=C\C/C=C\C/C=C\C/C=C\C/C=C\CCCCCCCCCCC(=O)NC(COP(=O)([O-])OCC[N+](C)(C)C)C(O)/C=C/CCCCCCCCCCCCCCCCCCCCCCCCCCCCCCCC. The molecule has 0 bridgehead atoms. The number of nitrogens with one attached hydrogen (secondary N) is 1. The molecule has 2 N–H and O–H groups in total. The molecule has 0 aliphatic rings. The molecule has 8 nitrogen and oxygen atoms in total. The maximum atomic E-state index is 13.1. The molecule has 504 valence electrons. The minimum absolute atomic E-state index is 0.00739. The lowest BCUT2D eigenvalue weighted by molar-refractivity contribution is -0.870. The standard InChI is InChI=1S/C78H141N2O6P/c1-6-8-10-12-14-16-18-20-22-24-26-28-30-32-34-36-38-40-42-44-46-48-50-52-54-56-58-60-62-64-66-68-70-72-78(82)79-76(75-86-87(83,84)85-74-73-80(3,4)5)77(81)71-69-67-65-63-61-59-57-55-53-51-49-47-45-43-41-39-37-35-33-31-29-27-25-23-21-19-17-15-13-11-9-7-2/h8,10,14,16,20,22,26,28,32,34,38,40,44,46,50,52,69,71,76-77,81H,6-7,9,11-13,15,17-19,21,23-25,27,29-31,33,35-37,39,41-43,45,47-49,51,53-68,70,72-75H2,1-5H3,(H-,79,82,83,84)/b10-8-,16-14-,22-20-,28-26-,34-32-,40-38-,46-44-,52-50-,71-69+. The molecule has 0 saturated carbocycles. The number of aliphatic hydroxyl groups is 1. The van der Waals surface area contributed by atoms with E-state index >= 15 is 0 Å². The highest BCUT2D eigenvalue weighted by Crippen LogP contribution is 2.38. The summed E-state index contributed by atoms with van der Waals surface area (Å²) in [5.74, 6) is -0.206. The molecule has 9 heteroatoms. The summed E-state index contributed by atoms with van der Waals surface area (Å²) in [5, 5.41) is 14.0. The van der Waals surface area contributed by atoms with Gasteiger partial charge in [0.05, 0.1) is 39.9 Å². The van der Waals surface area contributed by atoms with Crippen LogP contribution in [0.2, 0.25) is 0 Å². The van der Waals surface area contributed by atoms with Crippen LogP contribution < -0.4 is 10.2 Å². The van der Waals surface area contributed by atoms with Crippen LogP contribution in [0.4, 0.5) is 0 Å². The monoisotopic (exact) mass is 1230 g/mol. The fraction of sp³-hybridized carbons (Fsp3) is 0.756. The molecule has 0 aliphatic carbocycles. The Morgan fingerprint density at radius 2 is 0.701 bits per heavy atom. The Kier molecular flexibility index (Phi) is 65.3. The van der Waals surface area contributed by atoms with Crippen LogP contribution in [0.1, 0.15) is 328 Å². The number of rotatable bonds is 67. The topological polar surface area (TPSA) is 108 Å². The zero-order valence-electron chi connectivity index (χ0n) is 57.7. The van der Waals surface area contributed by atoms with Crippen LogP contribution in [-0.4, -0.2) is 68.5 Å². The van der Waals surface area contributed by atoms with E-state index in [0.717, 1.165) is 103 Å². The van der Waals surface area contributed by atoms with E-state index in [9.17, 15) is 19.4 Å². The van der Waals surface area contributed by atoms with Crippen molar-refractivity contribution < 1.29 is 32.9 Å². The van der Waals surface area contributed by atoms with Gasteiger partial charge in [-0.25, -0.2) is 0 Å². The number of phosphoric ester groups is 1. The number of nitrogens with zero attached hydrogens (tertiary/aromatic N) is 1. The van der Waals surface area contributed by atoms with Gasteiger partial charge in [-0.2, -0.15) is 0 Å². The highest BCUT2D eigenvalue weighted by Gasteiger charge is 2.23. The van der Waals surface area contributed by atoms with Crippen molar-refractivity contribution in [2.75, 3.05) is 40.9 Å². The van der Waals surface area contributed by atoms with Gasteiger partial charge in [0.1, 0.15) is 13.2 Å². The number of phosphoric acid groups is 1. The lowest BCUT2D eigenvalue weighted by atomic mass is 10.0. The summed E-state index contributed by atoms with van der Waals surface area (Å²) in [6.07, 6.45) is 99.3. The summed E-state index contributed by atoms with van der Waals surface area (Å²) in [5.41, 5.74) is 0. The fourth-order valence-corrected chi connectivity index (χ4v) is 11.3. The number of allylic oxidation sites excluding steroid dienone is 17. The third-order valence-corrected chi connectivity index (χ3v) is 17.2. The quantitative estimate of drug-likeness (QED) is 0.0272. The van der Waals surface area contributed by atoms with E-state index in [-0.39, 0.29) is 19.1 Å². The molecular formula is C78H141N2O6P. The zero-order chi connectivity index (χ0) is 63.4. The molecule has 0 aromatic rings. The first-order valence-electron chi connectivity index (χ1n) is 36.7. The number of amides is 1. The maximum Gasteiger partial charge on any atom is 0.268 e. The van der Waals surface area contributed by atoms with E-state index < -0.39 is 20.0 Å². The summed E-state index contributed by atoms with van der Waals surface area (Å²) in [6, 6.07) is -0.901. The maximum absolute atomic E-state index is 13.1. The van der Waals surface area contributed by atoms with Crippen molar-refractivity contribution in [1.82, 2.24) is 5.32 Å². The third-order valence-electron chi connectivity index (χ3n) is 16.2. The van der Waals surface area contributed by atoms with Crippen molar-refractivity contribution in [2.45, 2.75) is 341 Å². The lowest BCUT2D eigenvalue weighted by Gasteiger charge is -2.29. The van der Waals surface area contributed by atoms with Gasteiger partial charge in [-0.1, -0.05) is 348 Å². The van der Waals surface area contributed by atoms with Gasteiger partial charge in [-0.05, 0) is 83.5 Å². The smallest absolute Gasteiger partial charge is 0.268 e. The number of carbonyl (C=O) groups is 1. The van der Waals surface area contributed by atoms with Crippen molar-refractivity contribution >= 4 is 13.7 Å². The van der Waals surface area contributed by atoms with Crippen LogP contribution in [0, 0.1) is 0 Å². The van der Waals surface area contributed by atoms with E-state index in [1.807, 2.05) is 27.2 Å². The predicted molar refractivity (Wildman–Crippen MR) is 380 cm³/mol. The molecule has 0 rings (SSSR count). The Morgan fingerprint density at radius 3 is 1.02 bits per heavy atom. The van der Waals surface area contributed by atoms with Gasteiger partial charge >= 0.3 is 0 Å². The molecule has 0 spiro atoms. The third kappa shape index (κ3) is 70.5. The summed E-state index contributed by atoms with van der Waals surface area (Å²) in [7, 11) is 1.25. The minimum atomic E-state index is -4.62. The first-order valence-corrected chi connectivity index (χ1v) is 38.2. The molecule has 0 radical (unpaired) electrons. The van der Waals surface area contributed by atoms with Gasteiger partial charge in [0.15, 0.2) is 0 Å². The fourth-order valence-electron chi connectivity index (χ4n) is 10.6. The second-order valence-electron chi connectivity index (χ2n) is 25.9. The Morgan fingerprint density at radius 1 is 0.414 bits per heavy atom. The lowest BCUT2D eigenvalue weighted by Crippen LogP contribution is -2.45. The molecule has 1 amide bonds. The van der Waals surface area contributed by atoms with Crippen LogP contribution in [0.3, 0.4) is 0 Å². The average Bonchev–Trinajstić information content (AvgIpc) is 3.71. The van der Waals surface area contributed by atoms with Gasteiger partial charge in [0, 0.05) is 6.42 Å². The van der Waals surface area contributed by atoms with Crippen molar-refractivity contribution in [2.24, 2.45) is 0 Å². The normalized spacial score (nSPS) is 14.2. The van der Waals surface area contributed by atoms with Crippen molar-refractivity contribution in [3.05, 3.63) is 109 Å². The molecule has 0 aliphatic heterocycles. The first kappa shape index (κ1) is 84.2. The summed E-state index contributed by atoms with van der Waals surface area (Å²) in [6.45, 7) is 4.56. The van der Waals surface area contributed by atoms with Crippen molar-refractivity contribution in [3.63, 3.8) is 0 Å². The van der Waals surface area contributed by atoms with Crippen molar-refractivity contribution in [3.8, 4) is 0 Å². The molecule has 0 heterocycles. The van der Waals surface area contributed by atoms with Gasteiger partial charge in [-0.15, -0.1) is 0 Å². The van der Waals surface area contributed by atoms with Crippen LogP contribution in [0.5, 0.6) is 0 Å². The van der Waals surface area contributed by atoms with Crippen LogP contribution >= 0.6 is 7.82 Å². The number of carbonyl (C=O) groups excluding carboxylic acids is 1. The number of quaternary nitrogens is 1. The second-order valence-corrected chi connectivity index (χ2v) is 27.3. The molecule has 87 heavy (non-hydrogen) atoms. The highest BCUT2D eigenvalue weighted by molar-refractivity contribution is 7.45. The van der Waals surface area contributed by atoms with E-state index in [4.69, 9.17) is 9.05 Å². The predicted octanol–water partition coefficient (Wildman–Crippen LogP) is 23.2. The molecule has 3 atom stereocenters. The number of unbranched alkanes of at least 4 members (excludes halogenated alkanes) is 38. The largest absolute Gasteiger partial charge is 0.756 e. The van der Waals surface area contributed by atoms with E-state index in [0.29, 0.717) is 17.4 Å². The van der Waals surface area contributed by atoms with Gasteiger partial charge in [0.25, 0.3) is 7.82 Å². The molecule has 0 aromatic heterocycles.